The maximum atomic E-state index is 5.02. The standard InChI is InChI=1S/C9H20INO/c1-9(8-12-2)11-7-5-3-4-6-10/h9,11H,3-8H2,1-2H3. The van der Waals surface area contributed by atoms with Gasteiger partial charge in [0, 0.05) is 13.2 Å². The van der Waals surface area contributed by atoms with Crippen LogP contribution >= 0.6 is 22.6 Å². The van der Waals surface area contributed by atoms with E-state index in [4.69, 9.17) is 4.74 Å². The molecule has 2 nitrogen and oxygen atoms in total. The first-order chi connectivity index (χ1) is 5.81. The predicted octanol–water partition coefficient (Wildman–Crippen LogP) is 2.22. The molecule has 1 atom stereocenters. The van der Waals surface area contributed by atoms with Crippen molar-refractivity contribution in [1.29, 1.82) is 0 Å². The minimum absolute atomic E-state index is 0.495. The summed E-state index contributed by atoms with van der Waals surface area (Å²) in [5.41, 5.74) is 0. The third-order valence-corrected chi connectivity index (χ3v) is 2.48. The molecule has 0 heterocycles. The largest absolute Gasteiger partial charge is 0.383 e. The summed E-state index contributed by atoms with van der Waals surface area (Å²) in [6.45, 7) is 4.09. The number of methoxy groups -OCH3 is 1. The zero-order valence-corrected chi connectivity index (χ0v) is 10.3. The van der Waals surface area contributed by atoms with Gasteiger partial charge in [0.05, 0.1) is 6.61 Å². The molecule has 0 aliphatic rings. The normalized spacial score (nSPS) is 13.2. The fourth-order valence-electron chi connectivity index (χ4n) is 1.05. The minimum Gasteiger partial charge on any atom is -0.383 e. The molecular formula is C9H20INO. The molecule has 0 aliphatic heterocycles. The fourth-order valence-corrected chi connectivity index (χ4v) is 1.59. The van der Waals surface area contributed by atoms with E-state index in [2.05, 4.69) is 34.8 Å². The van der Waals surface area contributed by atoms with Crippen LogP contribution in [-0.2, 0) is 4.74 Å². The summed E-state index contributed by atoms with van der Waals surface area (Å²) in [4.78, 5) is 0. The number of alkyl halides is 1. The molecule has 0 rings (SSSR count). The Labute approximate surface area is 89.6 Å². The average Bonchev–Trinajstić information content (AvgIpc) is 2.05. The van der Waals surface area contributed by atoms with E-state index in [0.29, 0.717) is 6.04 Å². The molecule has 0 aromatic rings. The van der Waals surface area contributed by atoms with Gasteiger partial charge in [-0.05, 0) is 30.7 Å². The molecule has 0 spiro atoms. The highest BCUT2D eigenvalue weighted by molar-refractivity contribution is 14.1. The highest BCUT2D eigenvalue weighted by Crippen LogP contribution is 1.97. The summed E-state index contributed by atoms with van der Waals surface area (Å²) in [5, 5.41) is 3.41. The van der Waals surface area contributed by atoms with E-state index in [9.17, 15) is 0 Å². The van der Waals surface area contributed by atoms with E-state index in [-0.39, 0.29) is 0 Å². The molecule has 0 aromatic carbocycles. The lowest BCUT2D eigenvalue weighted by atomic mass is 10.2. The second-order valence-corrected chi connectivity index (χ2v) is 4.14. The summed E-state index contributed by atoms with van der Waals surface area (Å²) >= 11 is 2.43. The Morgan fingerprint density at radius 1 is 1.33 bits per heavy atom. The molecule has 0 saturated heterocycles. The van der Waals surface area contributed by atoms with Crippen molar-refractivity contribution in [2.24, 2.45) is 0 Å². The number of ether oxygens (including phenoxy) is 1. The van der Waals surface area contributed by atoms with Gasteiger partial charge in [0.25, 0.3) is 0 Å². The second kappa shape index (κ2) is 9.74. The maximum Gasteiger partial charge on any atom is 0.0613 e. The first kappa shape index (κ1) is 12.7. The second-order valence-electron chi connectivity index (χ2n) is 3.06. The molecule has 3 heteroatoms. The highest BCUT2D eigenvalue weighted by Gasteiger charge is 1.97. The molecule has 0 aliphatic carbocycles. The predicted molar refractivity (Wildman–Crippen MR) is 62.1 cm³/mol. The minimum atomic E-state index is 0.495. The highest BCUT2D eigenvalue weighted by atomic mass is 127. The quantitative estimate of drug-likeness (QED) is 0.419. The average molecular weight is 285 g/mol. The van der Waals surface area contributed by atoms with E-state index in [1.54, 1.807) is 7.11 Å². The van der Waals surface area contributed by atoms with Gasteiger partial charge in [-0.3, -0.25) is 0 Å². The van der Waals surface area contributed by atoms with Crippen LogP contribution in [0, 0.1) is 0 Å². The van der Waals surface area contributed by atoms with Crippen molar-refractivity contribution in [3.8, 4) is 0 Å². The van der Waals surface area contributed by atoms with Gasteiger partial charge >= 0.3 is 0 Å². The van der Waals surface area contributed by atoms with E-state index in [1.807, 2.05) is 0 Å². The Kier molecular flexibility index (Phi) is 10.3. The van der Waals surface area contributed by atoms with E-state index < -0.39 is 0 Å². The molecule has 1 N–H and O–H groups in total. The third-order valence-electron chi connectivity index (χ3n) is 1.72. The van der Waals surface area contributed by atoms with Crippen molar-refractivity contribution in [2.75, 3.05) is 24.7 Å². The van der Waals surface area contributed by atoms with Crippen molar-refractivity contribution in [3.05, 3.63) is 0 Å². The monoisotopic (exact) mass is 285 g/mol. The molecular weight excluding hydrogens is 265 g/mol. The number of hydrogen-bond acceptors (Lipinski definition) is 2. The SMILES string of the molecule is COCC(C)NCCCCCI. The summed E-state index contributed by atoms with van der Waals surface area (Å²) < 4.78 is 6.30. The lowest BCUT2D eigenvalue weighted by Crippen LogP contribution is -2.30. The smallest absolute Gasteiger partial charge is 0.0613 e. The number of unbranched alkanes of at least 4 members (excludes halogenated alkanes) is 2. The summed E-state index contributed by atoms with van der Waals surface area (Å²) in [6.07, 6.45) is 3.98. The van der Waals surface area contributed by atoms with E-state index >= 15 is 0 Å². The topological polar surface area (TPSA) is 21.3 Å². The lowest BCUT2D eigenvalue weighted by molar-refractivity contribution is 0.172. The van der Waals surface area contributed by atoms with Gasteiger partial charge in [0.15, 0.2) is 0 Å². The number of hydrogen-bond donors (Lipinski definition) is 1. The molecule has 0 radical (unpaired) electrons. The van der Waals surface area contributed by atoms with Crippen molar-refractivity contribution < 1.29 is 4.74 Å². The van der Waals surface area contributed by atoms with Crippen LogP contribution in [0.15, 0.2) is 0 Å². The fraction of sp³-hybridized carbons (Fsp3) is 1.00. The zero-order valence-electron chi connectivity index (χ0n) is 8.11. The first-order valence-corrected chi connectivity index (χ1v) is 6.12. The number of nitrogens with one attached hydrogen (secondary N) is 1. The van der Waals surface area contributed by atoms with Crippen molar-refractivity contribution >= 4 is 22.6 Å². The maximum absolute atomic E-state index is 5.02. The Bertz CT molecular complexity index is 90.6. The van der Waals surface area contributed by atoms with Gasteiger partial charge < -0.3 is 10.1 Å². The van der Waals surface area contributed by atoms with Gasteiger partial charge in [-0.25, -0.2) is 0 Å². The summed E-state index contributed by atoms with van der Waals surface area (Å²) in [5.74, 6) is 0. The van der Waals surface area contributed by atoms with Crippen LogP contribution < -0.4 is 5.32 Å². The van der Waals surface area contributed by atoms with Crippen molar-refractivity contribution in [1.82, 2.24) is 5.32 Å². The number of rotatable bonds is 8. The molecule has 0 bridgehead atoms. The van der Waals surface area contributed by atoms with E-state index in [1.165, 1.54) is 23.7 Å². The van der Waals surface area contributed by atoms with Gasteiger partial charge in [-0.2, -0.15) is 0 Å². The molecule has 1 unspecified atom stereocenters. The van der Waals surface area contributed by atoms with Gasteiger partial charge in [0.2, 0.25) is 0 Å². The van der Waals surface area contributed by atoms with Crippen LogP contribution in [0.3, 0.4) is 0 Å². The third kappa shape index (κ3) is 8.74. The van der Waals surface area contributed by atoms with Gasteiger partial charge in [-0.15, -0.1) is 0 Å². The zero-order chi connectivity index (χ0) is 9.23. The van der Waals surface area contributed by atoms with Gasteiger partial charge in [0.1, 0.15) is 0 Å². The Balaban J connectivity index is 2.97. The van der Waals surface area contributed by atoms with E-state index in [0.717, 1.165) is 13.2 Å². The van der Waals surface area contributed by atoms with Crippen LogP contribution in [0.25, 0.3) is 0 Å². The molecule has 0 amide bonds. The van der Waals surface area contributed by atoms with Crippen LogP contribution in [0.2, 0.25) is 0 Å². The summed E-state index contributed by atoms with van der Waals surface area (Å²) in [6, 6.07) is 0.495. The van der Waals surface area contributed by atoms with Crippen LogP contribution in [-0.4, -0.2) is 30.7 Å². The van der Waals surface area contributed by atoms with Crippen LogP contribution in [0.5, 0.6) is 0 Å². The van der Waals surface area contributed by atoms with Crippen LogP contribution in [0.4, 0.5) is 0 Å². The molecule has 0 aromatic heterocycles. The number of halogens is 1. The molecule has 74 valence electrons. The lowest BCUT2D eigenvalue weighted by Gasteiger charge is -2.11. The molecule has 12 heavy (non-hydrogen) atoms. The summed E-state index contributed by atoms with van der Waals surface area (Å²) in [7, 11) is 1.74. The Morgan fingerprint density at radius 3 is 2.67 bits per heavy atom. The Hall–Kier alpha value is 0.650. The molecule has 0 fully saturated rings. The van der Waals surface area contributed by atoms with Crippen LogP contribution in [0.1, 0.15) is 26.2 Å². The molecule has 0 saturated carbocycles. The van der Waals surface area contributed by atoms with Crippen molar-refractivity contribution in [2.45, 2.75) is 32.2 Å². The first-order valence-electron chi connectivity index (χ1n) is 4.59. The van der Waals surface area contributed by atoms with Crippen molar-refractivity contribution in [3.63, 3.8) is 0 Å². The Morgan fingerprint density at radius 2 is 2.08 bits per heavy atom. The van der Waals surface area contributed by atoms with Gasteiger partial charge in [-0.1, -0.05) is 29.0 Å².